The summed E-state index contributed by atoms with van der Waals surface area (Å²) < 4.78 is 35.0. The van der Waals surface area contributed by atoms with Crippen molar-refractivity contribution >= 4 is 23.5 Å². The first-order valence-corrected chi connectivity index (χ1v) is 16.0. The van der Waals surface area contributed by atoms with Crippen LogP contribution in [0.1, 0.15) is 61.5 Å². The van der Waals surface area contributed by atoms with E-state index in [1.807, 2.05) is 37.3 Å². The van der Waals surface area contributed by atoms with Gasteiger partial charge in [-0.2, -0.15) is 5.26 Å². The summed E-state index contributed by atoms with van der Waals surface area (Å²) in [6.07, 6.45) is 2.38. The van der Waals surface area contributed by atoms with Crippen molar-refractivity contribution < 1.29 is 38.4 Å². The number of nitrogens with zero attached hydrogens (tertiary/aromatic N) is 2. The van der Waals surface area contributed by atoms with Crippen molar-refractivity contribution in [2.24, 2.45) is 0 Å². The van der Waals surface area contributed by atoms with Crippen LogP contribution in [0.15, 0.2) is 53.4 Å². The molecule has 12 heteroatoms. The van der Waals surface area contributed by atoms with E-state index in [1.165, 1.54) is 7.11 Å². The summed E-state index contributed by atoms with van der Waals surface area (Å²) in [6.45, 7) is 2.48. The third-order valence-electron chi connectivity index (χ3n) is 7.53. The van der Waals surface area contributed by atoms with E-state index in [1.54, 1.807) is 51.3 Å². The van der Waals surface area contributed by atoms with Crippen molar-refractivity contribution in [3.63, 3.8) is 0 Å². The van der Waals surface area contributed by atoms with Crippen LogP contribution >= 0.6 is 11.8 Å². The van der Waals surface area contributed by atoms with E-state index in [0.717, 1.165) is 28.9 Å². The zero-order valence-electron chi connectivity index (χ0n) is 26.8. The predicted octanol–water partition coefficient (Wildman–Crippen LogP) is 7.38. The van der Waals surface area contributed by atoms with Gasteiger partial charge in [-0.1, -0.05) is 13.3 Å². The Morgan fingerprint density at radius 3 is 2.09 bits per heavy atom. The number of hydrogen-bond donors (Lipinski definition) is 2. The number of methoxy groups -OCH3 is 4. The number of nitriles is 1. The molecule has 2 N–H and O–H groups in total. The van der Waals surface area contributed by atoms with E-state index in [4.69, 9.17) is 33.7 Å². The van der Waals surface area contributed by atoms with E-state index in [-0.39, 0.29) is 18.8 Å². The van der Waals surface area contributed by atoms with Gasteiger partial charge in [-0.25, -0.2) is 9.86 Å². The molecule has 3 aromatic carbocycles. The first-order valence-electron chi connectivity index (χ1n) is 15.1. The number of hydrogen-bond acceptors (Lipinski definition) is 10. The first-order chi connectivity index (χ1) is 22.3. The Labute approximate surface area is 274 Å². The summed E-state index contributed by atoms with van der Waals surface area (Å²) >= 11 is 1.58. The predicted molar refractivity (Wildman–Crippen MR) is 175 cm³/mol. The van der Waals surface area contributed by atoms with Crippen molar-refractivity contribution in [2.75, 3.05) is 52.7 Å². The summed E-state index contributed by atoms with van der Waals surface area (Å²) in [6, 6.07) is 16.2. The van der Waals surface area contributed by atoms with Gasteiger partial charge in [0.05, 0.1) is 71.1 Å². The van der Waals surface area contributed by atoms with Crippen molar-refractivity contribution in [3.8, 4) is 34.8 Å². The number of amides is 2. The van der Waals surface area contributed by atoms with Crippen LogP contribution in [-0.4, -0.2) is 63.6 Å². The molecule has 0 aromatic heterocycles. The minimum absolute atomic E-state index is 0.193. The Hall–Kier alpha value is -4.31. The molecule has 3 aromatic rings. The molecule has 11 nitrogen and oxygen atoms in total. The minimum Gasteiger partial charge on any atom is -0.493 e. The molecule has 1 aliphatic rings. The van der Waals surface area contributed by atoms with Crippen molar-refractivity contribution in [1.82, 2.24) is 5.06 Å². The lowest BCUT2D eigenvalue weighted by atomic mass is 10.0. The van der Waals surface area contributed by atoms with Gasteiger partial charge in [0.15, 0.2) is 23.0 Å². The third-order valence-corrected chi connectivity index (χ3v) is 8.50. The highest BCUT2D eigenvalue weighted by atomic mass is 32.2. The Kier molecular flexibility index (Phi) is 12.7. The van der Waals surface area contributed by atoms with E-state index in [0.29, 0.717) is 70.3 Å². The van der Waals surface area contributed by atoms with Crippen LogP contribution < -0.4 is 29.0 Å². The molecule has 2 unspecified atom stereocenters. The molecule has 0 saturated carbocycles. The highest BCUT2D eigenvalue weighted by Gasteiger charge is 2.31. The monoisotopic (exact) mass is 651 g/mol. The lowest BCUT2D eigenvalue weighted by molar-refractivity contribution is -0.0379. The maximum Gasteiger partial charge on any atom is 0.345 e. The Morgan fingerprint density at radius 1 is 0.957 bits per heavy atom. The number of nitrogens with one attached hydrogen (secondary N) is 1. The summed E-state index contributed by atoms with van der Waals surface area (Å²) in [5.41, 5.74) is 2.64. The molecule has 2 amide bonds. The number of benzene rings is 3. The number of carbonyl (C=O) groups excluding carboxylic acids is 1. The quantitative estimate of drug-likeness (QED) is 0.0743. The molecule has 1 aliphatic heterocycles. The maximum absolute atomic E-state index is 13.0. The van der Waals surface area contributed by atoms with E-state index < -0.39 is 6.03 Å². The Morgan fingerprint density at radius 2 is 1.54 bits per heavy atom. The van der Waals surface area contributed by atoms with Crippen LogP contribution in [0.3, 0.4) is 0 Å². The molecule has 46 heavy (non-hydrogen) atoms. The highest BCUT2D eigenvalue weighted by molar-refractivity contribution is 7.99. The number of rotatable bonds is 15. The zero-order valence-corrected chi connectivity index (χ0v) is 27.6. The molecule has 1 heterocycles. The van der Waals surface area contributed by atoms with Gasteiger partial charge in [0.2, 0.25) is 5.75 Å². The van der Waals surface area contributed by atoms with Gasteiger partial charge < -0.3 is 33.7 Å². The van der Waals surface area contributed by atoms with Gasteiger partial charge in [-0.05, 0) is 78.9 Å². The Balaban J connectivity index is 1.56. The van der Waals surface area contributed by atoms with E-state index >= 15 is 0 Å². The molecule has 246 valence electrons. The van der Waals surface area contributed by atoms with Gasteiger partial charge in [-0.3, -0.25) is 5.21 Å². The summed E-state index contributed by atoms with van der Waals surface area (Å²) in [7, 11) is 6.25. The molecule has 0 aliphatic carbocycles. The van der Waals surface area contributed by atoms with Crippen LogP contribution in [0, 0.1) is 11.3 Å². The van der Waals surface area contributed by atoms with Gasteiger partial charge in [0, 0.05) is 10.6 Å². The maximum atomic E-state index is 13.0. The smallest absolute Gasteiger partial charge is 0.345 e. The summed E-state index contributed by atoms with van der Waals surface area (Å²) in [5.74, 6) is 2.99. The molecule has 1 fully saturated rings. The van der Waals surface area contributed by atoms with Crippen LogP contribution in [0.5, 0.6) is 28.7 Å². The molecule has 4 rings (SSSR count). The topological polar surface area (TPSA) is 132 Å². The lowest BCUT2D eigenvalue weighted by Crippen LogP contribution is -2.33. The van der Waals surface area contributed by atoms with Crippen LogP contribution in [0.4, 0.5) is 10.5 Å². The lowest BCUT2D eigenvalue weighted by Gasteiger charge is -2.22. The second-order valence-electron chi connectivity index (χ2n) is 10.5. The molecular formula is C34H41N3O8S. The fourth-order valence-electron chi connectivity index (χ4n) is 5.14. The van der Waals surface area contributed by atoms with Gasteiger partial charge in [-0.15, -0.1) is 11.8 Å². The SMILES string of the molecule is CCCCN(O)C(=O)Nc1cc(C2CCC(c3cc(OC)c(OC)c(OC)c3)O2)cc(OC)c1OCCSc1ccc(C#N)cc1. The molecule has 0 spiro atoms. The number of ether oxygens (including phenoxy) is 6. The average molecular weight is 652 g/mol. The fourth-order valence-corrected chi connectivity index (χ4v) is 5.87. The van der Waals surface area contributed by atoms with Crippen LogP contribution in [0.25, 0.3) is 0 Å². The van der Waals surface area contributed by atoms with Gasteiger partial charge >= 0.3 is 6.03 Å². The van der Waals surface area contributed by atoms with Crippen molar-refractivity contribution in [3.05, 3.63) is 65.2 Å². The van der Waals surface area contributed by atoms with Crippen molar-refractivity contribution in [2.45, 2.75) is 49.7 Å². The third kappa shape index (κ3) is 8.48. The van der Waals surface area contributed by atoms with Crippen LogP contribution in [0.2, 0.25) is 0 Å². The molecule has 0 radical (unpaired) electrons. The fraction of sp³-hybridized carbons (Fsp3) is 0.412. The normalized spacial score (nSPS) is 15.5. The zero-order chi connectivity index (χ0) is 33.1. The molecule has 0 bridgehead atoms. The standard InChI is InChI=1S/C34H41N3O8S/c1-6-7-14-37(39)34(38)36-26-17-23(18-29(40-2)32(26)44-15-16-46-25-10-8-22(21-35)9-11-25)27-12-13-28(45-27)24-19-30(41-3)33(43-5)31(20-24)42-4/h8-11,17-20,27-28,39H,6-7,12-16H2,1-5H3,(H,36,38). The minimum atomic E-state index is -0.674. The molecule has 2 atom stereocenters. The number of anilines is 1. The number of urea groups is 1. The molecule has 1 saturated heterocycles. The van der Waals surface area contributed by atoms with Gasteiger partial charge in [0.1, 0.15) is 0 Å². The summed E-state index contributed by atoms with van der Waals surface area (Å²) in [4.78, 5) is 14.0. The highest BCUT2D eigenvalue weighted by Crippen LogP contribution is 2.48. The van der Waals surface area contributed by atoms with Gasteiger partial charge in [0.25, 0.3) is 0 Å². The Bertz CT molecular complexity index is 1490. The average Bonchev–Trinajstić information content (AvgIpc) is 3.59. The molecular weight excluding hydrogens is 610 g/mol. The number of thioether (sulfide) groups is 1. The number of carbonyl (C=O) groups is 1. The number of hydroxylamine groups is 2. The van der Waals surface area contributed by atoms with E-state index in [9.17, 15) is 10.0 Å². The van der Waals surface area contributed by atoms with E-state index in [2.05, 4.69) is 11.4 Å². The second kappa shape index (κ2) is 16.8. The van der Waals surface area contributed by atoms with Crippen LogP contribution in [-0.2, 0) is 4.74 Å². The van der Waals surface area contributed by atoms with Crippen molar-refractivity contribution in [1.29, 1.82) is 5.26 Å². The first kappa shape index (κ1) is 34.6. The summed E-state index contributed by atoms with van der Waals surface area (Å²) in [5, 5.41) is 22.8. The number of unbranched alkanes of at least 4 members (excludes halogenated alkanes) is 1. The second-order valence-corrected chi connectivity index (χ2v) is 11.7. The largest absolute Gasteiger partial charge is 0.493 e.